The summed E-state index contributed by atoms with van der Waals surface area (Å²) in [5, 5.41) is 0. The quantitative estimate of drug-likeness (QED) is 0.462. The van der Waals surface area contributed by atoms with Crippen molar-refractivity contribution in [2.45, 2.75) is 26.8 Å². The molecule has 1 fully saturated rings. The number of amides is 2. The van der Waals surface area contributed by atoms with E-state index in [-0.39, 0.29) is 35.7 Å². The van der Waals surface area contributed by atoms with E-state index in [0.717, 1.165) is 4.47 Å². The number of piperazine rings is 1. The second-order valence-electron chi connectivity index (χ2n) is 7.55. The van der Waals surface area contributed by atoms with Crippen molar-refractivity contribution in [1.29, 1.82) is 0 Å². The third-order valence-corrected chi connectivity index (χ3v) is 5.91. The topological polar surface area (TPSA) is 92.7 Å². The molecule has 1 atom stereocenters. The summed E-state index contributed by atoms with van der Waals surface area (Å²) in [5.74, 6) is -0.757. The summed E-state index contributed by atoms with van der Waals surface area (Å²) in [6.45, 7) is 9.76. The van der Waals surface area contributed by atoms with E-state index in [1.54, 1.807) is 29.7 Å². The van der Waals surface area contributed by atoms with E-state index in [1.807, 2.05) is 25.1 Å². The first kappa shape index (κ1) is 23.6. The van der Waals surface area contributed by atoms with Crippen LogP contribution in [0.2, 0.25) is 0 Å². The molecule has 2 aromatic rings. The van der Waals surface area contributed by atoms with Crippen LogP contribution in [0.5, 0.6) is 0 Å². The molecule has 1 aromatic carbocycles. The second-order valence-corrected chi connectivity index (χ2v) is 8.40. The molecule has 0 bridgehead atoms. The fourth-order valence-electron chi connectivity index (χ4n) is 3.70. The summed E-state index contributed by atoms with van der Waals surface area (Å²) in [7, 11) is 0. The van der Waals surface area contributed by atoms with E-state index in [4.69, 9.17) is 4.74 Å². The monoisotopic (exact) mass is 500 g/mol. The van der Waals surface area contributed by atoms with Crippen LogP contribution in [0.1, 0.15) is 49.6 Å². The Morgan fingerprint density at radius 2 is 1.91 bits per heavy atom. The van der Waals surface area contributed by atoms with Crippen LogP contribution in [0.15, 0.2) is 41.4 Å². The maximum atomic E-state index is 13.3. The second kappa shape index (κ2) is 10.0. The first-order valence-electron chi connectivity index (χ1n) is 10.2. The van der Waals surface area contributed by atoms with Gasteiger partial charge in [0.2, 0.25) is 0 Å². The maximum absolute atomic E-state index is 13.3. The minimum absolute atomic E-state index is 0.0156. The van der Waals surface area contributed by atoms with E-state index in [1.165, 1.54) is 6.08 Å². The number of carbonyl (C=O) groups excluding carboxylic acids is 3. The lowest BCUT2D eigenvalue weighted by Crippen LogP contribution is -2.55. The normalized spacial score (nSPS) is 15.9. The lowest BCUT2D eigenvalue weighted by atomic mass is 10.1. The van der Waals surface area contributed by atoms with Gasteiger partial charge in [0.25, 0.3) is 11.8 Å². The van der Waals surface area contributed by atoms with E-state index in [0.29, 0.717) is 36.7 Å². The van der Waals surface area contributed by atoms with Gasteiger partial charge < -0.3 is 14.5 Å². The summed E-state index contributed by atoms with van der Waals surface area (Å²) < 4.78 is 5.87. The molecule has 1 unspecified atom stereocenters. The Kier molecular flexibility index (Phi) is 7.40. The molecule has 0 radical (unpaired) electrons. The SMILES string of the molecule is C=CCOC(=O)c1c(C)nc(C)nc1C(=O)N1CCN(C(=O)c2ccccc2Br)C(C)C1. The van der Waals surface area contributed by atoms with Gasteiger partial charge in [-0.15, -0.1) is 0 Å². The van der Waals surface area contributed by atoms with Crippen molar-refractivity contribution < 1.29 is 19.1 Å². The van der Waals surface area contributed by atoms with Crippen molar-refractivity contribution in [1.82, 2.24) is 19.8 Å². The molecule has 8 nitrogen and oxygen atoms in total. The zero-order valence-corrected chi connectivity index (χ0v) is 19.9. The highest BCUT2D eigenvalue weighted by Crippen LogP contribution is 2.22. The Bertz CT molecular complexity index is 1070. The molecule has 1 aliphatic heterocycles. The van der Waals surface area contributed by atoms with Crippen LogP contribution in [-0.2, 0) is 4.74 Å². The van der Waals surface area contributed by atoms with E-state index in [2.05, 4.69) is 32.5 Å². The van der Waals surface area contributed by atoms with Crippen molar-refractivity contribution in [3.63, 3.8) is 0 Å². The lowest BCUT2D eigenvalue weighted by Gasteiger charge is -2.40. The standard InChI is InChI=1S/C23H25BrN4O4/c1-5-12-32-23(31)19-15(3)25-16(4)26-20(19)22(30)27-10-11-28(14(2)13-27)21(29)17-8-6-7-9-18(17)24/h5-9,14H,1,10-13H2,2-4H3. The summed E-state index contributed by atoms with van der Waals surface area (Å²) >= 11 is 3.43. The predicted octanol–water partition coefficient (Wildman–Crippen LogP) is 3.19. The van der Waals surface area contributed by atoms with Crippen LogP contribution in [0.25, 0.3) is 0 Å². The smallest absolute Gasteiger partial charge is 0.342 e. The molecule has 1 aromatic heterocycles. The fourth-order valence-corrected chi connectivity index (χ4v) is 4.16. The first-order valence-corrected chi connectivity index (χ1v) is 11.0. The van der Waals surface area contributed by atoms with Crippen LogP contribution in [0.3, 0.4) is 0 Å². The molecule has 2 amide bonds. The molecule has 0 aliphatic carbocycles. The van der Waals surface area contributed by atoms with Crippen LogP contribution >= 0.6 is 15.9 Å². The number of hydrogen-bond acceptors (Lipinski definition) is 6. The largest absolute Gasteiger partial charge is 0.458 e. The summed E-state index contributed by atoms with van der Waals surface area (Å²) in [4.78, 5) is 50.8. The molecule has 0 saturated carbocycles. The van der Waals surface area contributed by atoms with Gasteiger partial charge in [-0.1, -0.05) is 24.8 Å². The third-order valence-electron chi connectivity index (χ3n) is 5.22. The van der Waals surface area contributed by atoms with E-state index in [9.17, 15) is 14.4 Å². The molecule has 0 spiro atoms. The molecule has 0 N–H and O–H groups in total. The molecule has 9 heteroatoms. The Labute approximate surface area is 195 Å². The zero-order valence-electron chi connectivity index (χ0n) is 18.3. The van der Waals surface area contributed by atoms with Gasteiger partial charge in [-0.25, -0.2) is 14.8 Å². The first-order chi connectivity index (χ1) is 15.2. The summed E-state index contributed by atoms with van der Waals surface area (Å²) in [5.41, 5.74) is 1.03. The fraction of sp³-hybridized carbons (Fsp3) is 0.348. The van der Waals surface area contributed by atoms with E-state index < -0.39 is 5.97 Å². The number of rotatable bonds is 5. The Hall–Kier alpha value is -3.07. The molecular formula is C23H25BrN4O4. The van der Waals surface area contributed by atoms with Crippen molar-refractivity contribution in [3.8, 4) is 0 Å². The van der Waals surface area contributed by atoms with Gasteiger partial charge in [-0.3, -0.25) is 9.59 Å². The Balaban J connectivity index is 1.82. The Morgan fingerprint density at radius 3 is 2.56 bits per heavy atom. The van der Waals surface area contributed by atoms with E-state index >= 15 is 0 Å². The molecule has 2 heterocycles. The molecule has 1 aliphatic rings. The molecule has 3 rings (SSSR count). The predicted molar refractivity (Wildman–Crippen MR) is 123 cm³/mol. The lowest BCUT2D eigenvalue weighted by molar-refractivity contribution is 0.0406. The minimum Gasteiger partial charge on any atom is -0.458 e. The van der Waals surface area contributed by atoms with Gasteiger partial charge in [0.05, 0.1) is 11.3 Å². The number of aryl methyl sites for hydroxylation is 2. The van der Waals surface area contributed by atoms with Crippen LogP contribution in [0.4, 0.5) is 0 Å². The minimum atomic E-state index is -0.665. The van der Waals surface area contributed by atoms with Crippen LogP contribution in [0, 0.1) is 13.8 Å². The van der Waals surface area contributed by atoms with Crippen molar-refractivity contribution in [2.75, 3.05) is 26.2 Å². The van der Waals surface area contributed by atoms with Gasteiger partial charge in [0.1, 0.15) is 23.7 Å². The highest BCUT2D eigenvalue weighted by atomic mass is 79.9. The zero-order chi connectivity index (χ0) is 23.4. The van der Waals surface area contributed by atoms with Crippen molar-refractivity contribution >= 4 is 33.7 Å². The number of carbonyl (C=O) groups is 3. The van der Waals surface area contributed by atoms with Crippen molar-refractivity contribution in [2.24, 2.45) is 0 Å². The molecule has 168 valence electrons. The third kappa shape index (κ3) is 4.88. The van der Waals surface area contributed by atoms with Gasteiger partial charge in [0, 0.05) is 30.1 Å². The summed E-state index contributed by atoms with van der Waals surface area (Å²) in [6, 6.07) is 7.04. The van der Waals surface area contributed by atoms with Crippen LogP contribution in [-0.4, -0.2) is 69.8 Å². The Morgan fingerprint density at radius 1 is 1.19 bits per heavy atom. The number of hydrogen-bond donors (Lipinski definition) is 0. The highest BCUT2D eigenvalue weighted by molar-refractivity contribution is 9.10. The number of benzene rings is 1. The average Bonchev–Trinajstić information content (AvgIpc) is 2.76. The van der Waals surface area contributed by atoms with Gasteiger partial charge in [0.15, 0.2) is 0 Å². The van der Waals surface area contributed by atoms with Crippen LogP contribution < -0.4 is 0 Å². The van der Waals surface area contributed by atoms with Gasteiger partial charge in [-0.05, 0) is 48.8 Å². The molecule has 32 heavy (non-hydrogen) atoms. The number of aromatic nitrogens is 2. The number of halogens is 1. The van der Waals surface area contributed by atoms with Crippen molar-refractivity contribution in [3.05, 3.63) is 69.7 Å². The molecular weight excluding hydrogens is 476 g/mol. The summed E-state index contributed by atoms with van der Waals surface area (Å²) in [6.07, 6.45) is 1.45. The van der Waals surface area contributed by atoms with Gasteiger partial charge >= 0.3 is 5.97 Å². The number of nitrogens with zero attached hydrogens (tertiary/aromatic N) is 4. The average molecular weight is 501 g/mol. The molecule has 1 saturated heterocycles. The number of esters is 1. The maximum Gasteiger partial charge on any atom is 0.342 e. The number of ether oxygens (including phenoxy) is 1. The van der Waals surface area contributed by atoms with Gasteiger partial charge in [-0.2, -0.15) is 0 Å². The highest BCUT2D eigenvalue weighted by Gasteiger charge is 2.34.